The third kappa shape index (κ3) is 6.65. The van der Waals surface area contributed by atoms with E-state index in [9.17, 15) is 0 Å². The monoisotopic (exact) mass is 250 g/mol. The molecule has 0 radical (unpaired) electrons. The largest absolute Gasteiger partial charge is 0.338 e. The van der Waals surface area contributed by atoms with E-state index in [1.54, 1.807) is 0 Å². The summed E-state index contributed by atoms with van der Waals surface area (Å²) in [4.78, 5) is 9.98. The van der Waals surface area contributed by atoms with Gasteiger partial charge in [-0.15, -0.1) is 0 Å². The number of benzene rings is 1. The Labute approximate surface area is 111 Å². The van der Waals surface area contributed by atoms with Crippen LogP contribution in [0, 0.1) is 0 Å². The van der Waals surface area contributed by atoms with Crippen LogP contribution in [0.3, 0.4) is 0 Å². The van der Waals surface area contributed by atoms with Gasteiger partial charge in [-0.05, 0) is 37.5 Å². The normalized spacial score (nSPS) is 10.6. The smallest absolute Gasteiger partial charge is 0.165 e. The van der Waals surface area contributed by atoms with Gasteiger partial charge in [0.2, 0.25) is 0 Å². The van der Waals surface area contributed by atoms with Gasteiger partial charge in [0, 0.05) is 0 Å². The summed E-state index contributed by atoms with van der Waals surface area (Å²) in [6.07, 6.45) is 9.26. The van der Waals surface area contributed by atoms with Crippen LogP contribution in [0.15, 0.2) is 24.3 Å². The molecule has 1 aromatic carbocycles. The number of rotatable bonds is 10. The molecule has 1 aromatic rings. The second-order valence-corrected chi connectivity index (χ2v) is 4.65. The molecule has 0 aliphatic rings. The fraction of sp³-hybridized carbons (Fsp3) is 0.625. The minimum Gasteiger partial charge on any atom is -0.338 e. The Bertz CT molecular complexity index is 292. The molecule has 0 spiro atoms. The van der Waals surface area contributed by atoms with E-state index in [1.165, 1.54) is 50.5 Å². The standard InChI is InChI=1S/C16H26O2/c1-3-5-6-7-8-9-10-15-11-13-16(14-12-15)18-17-4-2/h11-14H,3-10H2,1-2H3. The van der Waals surface area contributed by atoms with E-state index >= 15 is 0 Å². The zero-order chi connectivity index (χ0) is 13.1. The lowest BCUT2D eigenvalue weighted by Crippen LogP contribution is -1.95. The molecule has 0 aliphatic heterocycles. The van der Waals surface area contributed by atoms with E-state index in [-0.39, 0.29) is 0 Å². The van der Waals surface area contributed by atoms with Crippen LogP contribution in [-0.4, -0.2) is 6.61 Å². The molecule has 0 aliphatic carbocycles. The summed E-state index contributed by atoms with van der Waals surface area (Å²) < 4.78 is 0. The number of hydrogen-bond acceptors (Lipinski definition) is 2. The molecule has 0 N–H and O–H groups in total. The lowest BCUT2D eigenvalue weighted by Gasteiger charge is -2.05. The molecular weight excluding hydrogens is 224 g/mol. The summed E-state index contributed by atoms with van der Waals surface area (Å²) >= 11 is 0. The van der Waals surface area contributed by atoms with Gasteiger partial charge in [-0.3, -0.25) is 0 Å². The first kappa shape index (κ1) is 15.0. The van der Waals surface area contributed by atoms with Gasteiger partial charge >= 0.3 is 0 Å². The van der Waals surface area contributed by atoms with Crippen molar-refractivity contribution < 1.29 is 9.78 Å². The van der Waals surface area contributed by atoms with Crippen LogP contribution in [-0.2, 0) is 11.3 Å². The molecule has 102 valence electrons. The topological polar surface area (TPSA) is 18.5 Å². The predicted octanol–water partition coefficient (Wildman–Crippen LogP) is 4.92. The maximum absolute atomic E-state index is 5.08. The highest BCUT2D eigenvalue weighted by molar-refractivity contribution is 5.26. The first-order chi connectivity index (χ1) is 8.86. The van der Waals surface area contributed by atoms with Crippen molar-refractivity contribution in [3.8, 4) is 5.75 Å². The number of hydrogen-bond donors (Lipinski definition) is 0. The summed E-state index contributed by atoms with van der Waals surface area (Å²) in [7, 11) is 0. The minimum atomic E-state index is 0.569. The van der Waals surface area contributed by atoms with Crippen molar-refractivity contribution in [1.82, 2.24) is 0 Å². The van der Waals surface area contributed by atoms with Crippen LogP contribution in [0.2, 0.25) is 0 Å². The highest BCUT2D eigenvalue weighted by Crippen LogP contribution is 2.15. The summed E-state index contributed by atoms with van der Waals surface area (Å²) in [6, 6.07) is 8.20. The van der Waals surface area contributed by atoms with Gasteiger partial charge in [0.1, 0.15) is 0 Å². The van der Waals surface area contributed by atoms with Gasteiger partial charge in [0.15, 0.2) is 5.75 Å². The van der Waals surface area contributed by atoms with Crippen LogP contribution in [0.25, 0.3) is 0 Å². The molecule has 0 atom stereocenters. The molecule has 2 nitrogen and oxygen atoms in total. The van der Waals surface area contributed by atoms with Crippen LogP contribution in [0.1, 0.15) is 57.9 Å². The van der Waals surface area contributed by atoms with Crippen LogP contribution in [0.5, 0.6) is 5.75 Å². The van der Waals surface area contributed by atoms with Gasteiger partial charge in [0.05, 0.1) is 6.61 Å². The molecule has 0 fully saturated rings. The van der Waals surface area contributed by atoms with Crippen molar-refractivity contribution in [2.75, 3.05) is 6.61 Å². The molecule has 0 unspecified atom stereocenters. The zero-order valence-corrected chi connectivity index (χ0v) is 11.8. The van der Waals surface area contributed by atoms with Crippen molar-refractivity contribution >= 4 is 0 Å². The van der Waals surface area contributed by atoms with Crippen molar-refractivity contribution in [2.45, 2.75) is 58.8 Å². The minimum absolute atomic E-state index is 0.569. The van der Waals surface area contributed by atoms with Crippen molar-refractivity contribution in [3.63, 3.8) is 0 Å². The van der Waals surface area contributed by atoms with Crippen LogP contribution >= 0.6 is 0 Å². The molecule has 0 bridgehead atoms. The summed E-state index contributed by atoms with van der Waals surface area (Å²) in [5, 5.41) is 0. The van der Waals surface area contributed by atoms with Gasteiger partial charge < -0.3 is 4.89 Å². The Kier molecular flexibility index (Phi) is 8.32. The highest BCUT2D eigenvalue weighted by atomic mass is 17.2. The quantitative estimate of drug-likeness (QED) is 0.333. The van der Waals surface area contributed by atoms with E-state index < -0.39 is 0 Å². The maximum Gasteiger partial charge on any atom is 0.165 e. The van der Waals surface area contributed by atoms with Gasteiger partial charge in [-0.2, -0.15) is 4.89 Å². The molecular formula is C16H26O2. The van der Waals surface area contributed by atoms with Gasteiger partial charge in [-0.1, -0.05) is 51.2 Å². The molecule has 0 saturated carbocycles. The second-order valence-electron chi connectivity index (χ2n) is 4.65. The molecule has 2 heteroatoms. The average Bonchev–Trinajstić information content (AvgIpc) is 2.42. The first-order valence-electron chi connectivity index (χ1n) is 7.25. The van der Waals surface area contributed by atoms with Crippen molar-refractivity contribution in [3.05, 3.63) is 29.8 Å². The molecule has 0 aromatic heterocycles. The highest BCUT2D eigenvalue weighted by Gasteiger charge is 1.97. The first-order valence-corrected chi connectivity index (χ1v) is 7.25. The fourth-order valence-electron chi connectivity index (χ4n) is 1.95. The van der Waals surface area contributed by atoms with Crippen LogP contribution in [0.4, 0.5) is 0 Å². The Hall–Kier alpha value is -1.02. The predicted molar refractivity (Wildman–Crippen MR) is 75.8 cm³/mol. The fourth-order valence-corrected chi connectivity index (χ4v) is 1.95. The van der Waals surface area contributed by atoms with Gasteiger partial charge in [-0.25, -0.2) is 0 Å². The molecule has 18 heavy (non-hydrogen) atoms. The zero-order valence-electron chi connectivity index (χ0n) is 11.8. The second kappa shape index (κ2) is 9.95. The molecule has 1 rings (SSSR count). The van der Waals surface area contributed by atoms with Crippen LogP contribution < -0.4 is 4.89 Å². The Balaban J connectivity index is 2.14. The maximum atomic E-state index is 5.08. The molecule has 0 saturated heterocycles. The Morgan fingerprint density at radius 2 is 1.50 bits per heavy atom. The average molecular weight is 250 g/mol. The Morgan fingerprint density at radius 1 is 0.833 bits per heavy atom. The third-order valence-corrected chi connectivity index (χ3v) is 3.02. The van der Waals surface area contributed by atoms with E-state index in [2.05, 4.69) is 19.1 Å². The van der Waals surface area contributed by atoms with E-state index in [0.717, 1.165) is 5.75 Å². The van der Waals surface area contributed by atoms with Crippen molar-refractivity contribution in [1.29, 1.82) is 0 Å². The van der Waals surface area contributed by atoms with Gasteiger partial charge in [0.25, 0.3) is 0 Å². The summed E-state index contributed by atoms with van der Waals surface area (Å²) in [5.74, 6) is 0.781. The third-order valence-electron chi connectivity index (χ3n) is 3.02. The number of aryl methyl sites for hydroxylation is 1. The van der Waals surface area contributed by atoms with E-state index in [0.29, 0.717) is 6.61 Å². The molecule has 0 heterocycles. The van der Waals surface area contributed by atoms with E-state index in [1.807, 2.05) is 19.1 Å². The SMILES string of the molecule is CCCCCCCCc1ccc(OOCC)cc1. The van der Waals surface area contributed by atoms with E-state index in [4.69, 9.17) is 9.78 Å². The lowest BCUT2D eigenvalue weighted by molar-refractivity contribution is -0.202. The number of unbranched alkanes of at least 4 members (excludes halogenated alkanes) is 5. The summed E-state index contributed by atoms with van der Waals surface area (Å²) in [6.45, 7) is 4.73. The summed E-state index contributed by atoms with van der Waals surface area (Å²) in [5.41, 5.74) is 1.38. The lowest BCUT2D eigenvalue weighted by atomic mass is 10.1. The Morgan fingerprint density at radius 3 is 2.17 bits per heavy atom. The molecule has 0 amide bonds. The van der Waals surface area contributed by atoms with Crippen molar-refractivity contribution in [2.24, 2.45) is 0 Å².